The summed E-state index contributed by atoms with van der Waals surface area (Å²) in [5.74, 6) is 1.84. The molecule has 0 amide bonds. The van der Waals surface area contributed by atoms with Crippen molar-refractivity contribution in [2.24, 2.45) is 7.05 Å². The molecule has 0 bridgehead atoms. The van der Waals surface area contributed by atoms with Crippen molar-refractivity contribution in [1.82, 2.24) is 35.3 Å². The summed E-state index contributed by atoms with van der Waals surface area (Å²) in [5, 5.41) is 19.8. The molecule has 1 aliphatic heterocycles. The maximum atomic E-state index is 4.23. The van der Waals surface area contributed by atoms with Crippen molar-refractivity contribution in [3.63, 3.8) is 0 Å². The van der Waals surface area contributed by atoms with Gasteiger partial charge in [0.25, 0.3) is 0 Å². The second-order valence-electron chi connectivity index (χ2n) is 5.49. The van der Waals surface area contributed by atoms with Gasteiger partial charge in [0.1, 0.15) is 0 Å². The van der Waals surface area contributed by atoms with Crippen LogP contribution in [0, 0.1) is 0 Å². The Morgan fingerprint density at radius 3 is 3.00 bits per heavy atom. The quantitative estimate of drug-likeness (QED) is 0.772. The Labute approximate surface area is 123 Å². The Morgan fingerprint density at radius 1 is 1.38 bits per heavy atom. The maximum absolute atomic E-state index is 4.23. The Kier molecular flexibility index (Phi) is 4.05. The molecule has 3 rings (SSSR count). The lowest BCUT2D eigenvalue weighted by atomic mass is 10.2. The lowest BCUT2D eigenvalue weighted by Gasteiger charge is -2.28. The van der Waals surface area contributed by atoms with Gasteiger partial charge in [-0.2, -0.15) is 5.10 Å². The van der Waals surface area contributed by atoms with E-state index in [1.165, 1.54) is 12.8 Å². The summed E-state index contributed by atoms with van der Waals surface area (Å²) in [6.07, 6.45) is 4.08. The van der Waals surface area contributed by atoms with Gasteiger partial charge in [0.2, 0.25) is 0 Å². The first-order valence-corrected chi connectivity index (χ1v) is 7.18. The van der Waals surface area contributed by atoms with E-state index in [-0.39, 0.29) is 0 Å². The molecule has 112 valence electrons. The van der Waals surface area contributed by atoms with Crippen LogP contribution in [0.2, 0.25) is 0 Å². The standard InChI is InChI=1S/C13H20N8/c1-19(10-13-16-17-18-20(13)2)9-11-5-4-8-21(11)12-6-3-7-14-15-12/h3,6-7,11H,4-5,8-10H2,1-2H3. The van der Waals surface area contributed by atoms with Crippen molar-refractivity contribution >= 4 is 5.82 Å². The van der Waals surface area contributed by atoms with Crippen molar-refractivity contribution in [2.45, 2.75) is 25.4 Å². The highest BCUT2D eigenvalue weighted by atomic mass is 15.5. The minimum atomic E-state index is 0.466. The molecule has 0 spiro atoms. The molecular weight excluding hydrogens is 268 g/mol. The van der Waals surface area contributed by atoms with Crippen molar-refractivity contribution in [1.29, 1.82) is 0 Å². The van der Waals surface area contributed by atoms with Crippen LogP contribution in [-0.2, 0) is 13.6 Å². The van der Waals surface area contributed by atoms with E-state index in [9.17, 15) is 0 Å². The summed E-state index contributed by atoms with van der Waals surface area (Å²) in [6, 6.07) is 4.43. The molecule has 1 saturated heterocycles. The molecule has 2 aromatic heterocycles. The molecule has 21 heavy (non-hydrogen) atoms. The summed E-state index contributed by atoms with van der Waals surface area (Å²) < 4.78 is 1.71. The fourth-order valence-corrected chi connectivity index (χ4v) is 2.82. The fourth-order valence-electron chi connectivity index (χ4n) is 2.82. The van der Waals surface area contributed by atoms with Crippen molar-refractivity contribution in [2.75, 3.05) is 25.0 Å². The van der Waals surface area contributed by atoms with Crippen LogP contribution in [-0.4, -0.2) is 61.5 Å². The van der Waals surface area contributed by atoms with Crippen molar-refractivity contribution in [3.05, 3.63) is 24.2 Å². The van der Waals surface area contributed by atoms with E-state index in [2.05, 4.69) is 42.6 Å². The van der Waals surface area contributed by atoms with Crippen LogP contribution < -0.4 is 4.90 Å². The summed E-state index contributed by atoms with van der Waals surface area (Å²) >= 11 is 0. The van der Waals surface area contributed by atoms with Gasteiger partial charge < -0.3 is 4.90 Å². The summed E-state index contributed by atoms with van der Waals surface area (Å²) in [7, 11) is 3.96. The Balaban J connectivity index is 1.62. The van der Waals surface area contributed by atoms with E-state index >= 15 is 0 Å². The zero-order chi connectivity index (χ0) is 14.7. The van der Waals surface area contributed by atoms with Gasteiger partial charge in [-0.25, -0.2) is 4.68 Å². The Hall–Kier alpha value is -2.09. The smallest absolute Gasteiger partial charge is 0.164 e. The minimum absolute atomic E-state index is 0.466. The second-order valence-corrected chi connectivity index (χ2v) is 5.49. The Morgan fingerprint density at radius 2 is 2.29 bits per heavy atom. The molecule has 1 aliphatic rings. The van der Waals surface area contributed by atoms with Gasteiger partial charge in [-0.05, 0) is 42.4 Å². The summed E-state index contributed by atoms with van der Waals surface area (Å²) in [4.78, 5) is 4.60. The van der Waals surface area contributed by atoms with Crippen LogP contribution in [0.3, 0.4) is 0 Å². The van der Waals surface area contributed by atoms with E-state index in [1.807, 2.05) is 19.2 Å². The summed E-state index contributed by atoms with van der Waals surface area (Å²) in [5.41, 5.74) is 0. The van der Waals surface area contributed by atoms with Crippen LogP contribution >= 0.6 is 0 Å². The molecule has 8 heteroatoms. The van der Waals surface area contributed by atoms with Crippen LogP contribution in [0.25, 0.3) is 0 Å². The first kappa shape index (κ1) is 13.9. The van der Waals surface area contributed by atoms with E-state index in [0.29, 0.717) is 6.04 Å². The lowest BCUT2D eigenvalue weighted by molar-refractivity contribution is 0.291. The van der Waals surface area contributed by atoms with E-state index in [1.54, 1.807) is 10.9 Å². The molecule has 1 unspecified atom stereocenters. The molecule has 0 N–H and O–H groups in total. The minimum Gasteiger partial charge on any atom is -0.351 e. The average Bonchev–Trinajstić information content (AvgIpc) is 3.10. The average molecular weight is 288 g/mol. The first-order valence-electron chi connectivity index (χ1n) is 7.18. The number of hydrogen-bond donors (Lipinski definition) is 0. The maximum Gasteiger partial charge on any atom is 0.164 e. The van der Waals surface area contributed by atoms with Gasteiger partial charge in [0.15, 0.2) is 11.6 Å². The number of tetrazole rings is 1. The van der Waals surface area contributed by atoms with E-state index < -0.39 is 0 Å². The van der Waals surface area contributed by atoms with Crippen molar-refractivity contribution < 1.29 is 0 Å². The van der Waals surface area contributed by atoms with Crippen LogP contribution in [0.4, 0.5) is 5.82 Å². The number of aryl methyl sites for hydroxylation is 1. The van der Waals surface area contributed by atoms with Gasteiger partial charge in [0, 0.05) is 32.4 Å². The normalized spacial score (nSPS) is 18.6. The van der Waals surface area contributed by atoms with E-state index in [4.69, 9.17) is 0 Å². The third-order valence-electron chi connectivity index (χ3n) is 3.87. The molecule has 8 nitrogen and oxygen atoms in total. The summed E-state index contributed by atoms with van der Waals surface area (Å²) in [6.45, 7) is 2.75. The highest BCUT2D eigenvalue weighted by Gasteiger charge is 2.27. The third-order valence-corrected chi connectivity index (χ3v) is 3.87. The van der Waals surface area contributed by atoms with Gasteiger partial charge in [-0.1, -0.05) is 0 Å². The number of aromatic nitrogens is 6. The SMILES string of the molecule is CN(Cc1nnnn1C)CC1CCCN1c1cccnn1. The van der Waals surface area contributed by atoms with Crippen LogP contribution in [0.1, 0.15) is 18.7 Å². The molecular formula is C13H20N8. The number of rotatable bonds is 5. The first-order chi connectivity index (χ1) is 10.2. The van der Waals surface area contributed by atoms with Gasteiger partial charge >= 0.3 is 0 Å². The number of anilines is 1. The predicted octanol–water partition coefficient (Wildman–Crippen LogP) is 0.101. The highest BCUT2D eigenvalue weighted by Crippen LogP contribution is 2.23. The third kappa shape index (κ3) is 3.15. The number of likely N-dealkylation sites (N-methyl/N-ethyl adjacent to an activating group) is 1. The molecule has 0 aromatic carbocycles. The monoisotopic (exact) mass is 288 g/mol. The second kappa shape index (κ2) is 6.13. The van der Waals surface area contributed by atoms with Crippen LogP contribution in [0.5, 0.6) is 0 Å². The molecule has 0 radical (unpaired) electrons. The largest absolute Gasteiger partial charge is 0.351 e. The molecule has 0 aliphatic carbocycles. The van der Waals surface area contributed by atoms with Gasteiger partial charge in [0.05, 0.1) is 6.54 Å². The number of hydrogen-bond acceptors (Lipinski definition) is 7. The van der Waals surface area contributed by atoms with Gasteiger partial charge in [-0.3, -0.25) is 4.90 Å². The molecule has 1 atom stereocenters. The molecule has 1 fully saturated rings. The molecule has 0 saturated carbocycles. The lowest BCUT2D eigenvalue weighted by Crippen LogP contribution is -2.39. The number of nitrogens with zero attached hydrogens (tertiary/aromatic N) is 8. The molecule has 2 aromatic rings. The zero-order valence-corrected chi connectivity index (χ0v) is 12.4. The van der Waals surface area contributed by atoms with Crippen LogP contribution in [0.15, 0.2) is 18.3 Å². The zero-order valence-electron chi connectivity index (χ0n) is 12.4. The molecule has 3 heterocycles. The van der Waals surface area contributed by atoms with Gasteiger partial charge in [-0.15, -0.1) is 10.2 Å². The predicted molar refractivity (Wildman–Crippen MR) is 77.5 cm³/mol. The Bertz CT molecular complexity index is 569. The fraction of sp³-hybridized carbons (Fsp3) is 0.615. The van der Waals surface area contributed by atoms with Crippen molar-refractivity contribution in [3.8, 4) is 0 Å². The highest BCUT2D eigenvalue weighted by molar-refractivity contribution is 5.39. The van der Waals surface area contributed by atoms with E-state index in [0.717, 1.165) is 31.3 Å². The topological polar surface area (TPSA) is 75.9 Å².